The molecule has 1 aliphatic rings. The molecule has 220 valence electrons. The van der Waals surface area contributed by atoms with Crippen LogP contribution in [0.15, 0.2) is 60.7 Å². The van der Waals surface area contributed by atoms with Crippen molar-refractivity contribution in [2.75, 3.05) is 20.2 Å². The minimum absolute atomic E-state index is 0.0134. The van der Waals surface area contributed by atoms with E-state index in [1.54, 1.807) is 24.3 Å². The van der Waals surface area contributed by atoms with Crippen molar-refractivity contribution >= 4 is 5.78 Å². The molecule has 1 fully saturated rings. The first-order valence-electron chi connectivity index (χ1n) is 14.3. The van der Waals surface area contributed by atoms with Gasteiger partial charge in [0.2, 0.25) is 5.75 Å². The van der Waals surface area contributed by atoms with E-state index in [1.807, 2.05) is 18.2 Å². The average molecular weight is 564 g/mol. The van der Waals surface area contributed by atoms with Gasteiger partial charge < -0.3 is 35.2 Å². The number of carbonyl (C=O) groups is 1. The van der Waals surface area contributed by atoms with E-state index >= 15 is 0 Å². The number of benzene rings is 3. The SMILES string of the molecule is COc1cc(CCC(=O)CC(O)CC(CCc2ccccc2)c2cc(O)c(O)c(OC3CCNCC3)c2)ccc1O. The van der Waals surface area contributed by atoms with E-state index in [1.165, 1.54) is 13.2 Å². The molecular formula is C33H41NO7. The lowest BCUT2D eigenvalue weighted by Crippen LogP contribution is -2.34. The Morgan fingerprint density at radius 2 is 1.68 bits per heavy atom. The molecule has 0 aliphatic carbocycles. The van der Waals surface area contributed by atoms with E-state index in [0.29, 0.717) is 25.0 Å². The summed E-state index contributed by atoms with van der Waals surface area (Å²) in [5, 5.41) is 45.2. The second-order valence-corrected chi connectivity index (χ2v) is 10.8. The highest BCUT2D eigenvalue weighted by atomic mass is 16.5. The Bertz CT molecular complexity index is 1270. The van der Waals surface area contributed by atoms with Gasteiger partial charge in [-0.15, -0.1) is 0 Å². The number of ether oxygens (including phenoxy) is 2. The molecule has 1 saturated heterocycles. The molecule has 2 atom stereocenters. The maximum absolute atomic E-state index is 12.8. The van der Waals surface area contributed by atoms with Crippen LogP contribution >= 0.6 is 0 Å². The molecule has 3 aromatic rings. The van der Waals surface area contributed by atoms with Crippen molar-refractivity contribution in [1.29, 1.82) is 0 Å². The molecule has 0 aromatic heterocycles. The summed E-state index contributed by atoms with van der Waals surface area (Å²) < 4.78 is 11.2. The van der Waals surface area contributed by atoms with Gasteiger partial charge in [-0.25, -0.2) is 0 Å². The van der Waals surface area contributed by atoms with Gasteiger partial charge in [0, 0.05) is 12.8 Å². The van der Waals surface area contributed by atoms with Gasteiger partial charge in [-0.1, -0.05) is 36.4 Å². The Kier molecular flexibility index (Phi) is 10.9. The number of aromatic hydroxyl groups is 3. The van der Waals surface area contributed by atoms with Crippen molar-refractivity contribution in [3.63, 3.8) is 0 Å². The number of carbonyl (C=O) groups excluding carboxylic acids is 1. The Labute approximate surface area is 241 Å². The third-order valence-corrected chi connectivity index (χ3v) is 7.71. The maximum atomic E-state index is 12.8. The molecule has 1 heterocycles. The van der Waals surface area contributed by atoms with E-state index in [0.717, 1.165) is 49.0 Å². The number of rotatable bonds is 14. The molecule has 0 radical (unpaired) electrons. The number of hydrogen-bond donors (Lipinski definition) is 5. The van der Waals surface area contributed by atoms with Crippen LogP contribution in [0, 0.1) is 0 Å². The van der Waals surface area contributed by atoms with Gasteiger partial charge in [-0.05, 0) is 98.5 Å². The molecule has 2 unspecified atom stereocenters. The second kappa shape index (κ2) is 14.8. The first-order valence-corrected chi connectivity index (χ1v) is 14.3. The Balaban J connectivity index is 1.44. The summed E-state index contributed by atoms with van der Waals surface area (Å²) in [5.74, 6) is -0.134. The van der Waals surface area contributed by atoms with Crippen LogP contribution in [0.4, 0.5) is 0 Å². The van der Waals surface area contributed by atoms with E-state index in [4.69, 9.17) is 9.47 Å². The third-order valence-electron chi connectivity index (χ3n) is 7.71. The molecule has 3 aromatic carbocycles. The van der Waals surface area contributed by atoms with Crippen molar-refractivity contribution in [2.24, 2.45) is 0 Å². The molecule has 1 aliphatic heterocycles. The zero-order valence-electron chi connectivity index (χ0n) is 23.6. The maximum Gasteiger partial charge on any atom is 0.200 e. The number of nitrogens with one attached hydrogen (secondary N) is 1. The fourth-order valence-corrected chi connectivity index (χ4v) is 5.38. The number of phenols is 3. The van der Waals surface area contributed by atoms with Crippen LogP contribution in [-0.4, -0.2) is 58.6 Å². The van der Waals surface area contributed by atoms with Gasteiger partial charge in [0.1, 0.15) is 11.9 Å². The van der Waals surface area contributed by atoms with Gasteiger partial charge in [0.15, 0.2) is 23.0 Å². The predicted octanol–water partition coefficient (Wildman–Crippen LogP) is 5.00. The van der Waals surface area contributed by atoms with Crippen molar-refractivity contribution in [3.05, 3.63) is 77.4 Å². The summed E-state index contributed by atoms with van der Waals surface area (Å²) in [5.41, 5.74) is 2.77. The molecule has 0 bridgehead atoms. The minimum Gasteiger partial charge on any atom is -0.504 e. The third kappa shape index (κ3) is 8.87. The van der Waals surface area contributed by atoms with Crippen molar-refractivity contribution in [2.45, 2.75) is 69.5 Å². The Hall–Kier alpha value is -3.75. The predicted molar refractivity (Wildman–Crippen MR) is 157 cm³/mol. The minimum atomic E-state index is -0.873. The quantitative estimate of drug-likeness (QED) is 0.173. The zero-order valence-corrected chi connectivity index (χ0v) is 23.6. The zero-order chi connectivity index (χ0) is 29.2. The number of hydrogen-bond acceptors (Lipinski definition) is 8. The number of phenolic OH excluding ortho intramolecular Hbond substituents is 3. The van der Waals surface area contributed by atoms with Crippen LogP contribution in [0.3, 0.4) is 0 Å². The lowest BCUT2D eigenvalue weighted by molar-refractivity contribution is -0.121. The number of ketones is 1. The number of aliphatic hydroxyl groups excluding tert-OH is 1. The van der Waals surface area contributed by atoms with E-state index in [-0.39, 0.29) is 53.6 Å². The van der Waals surface area contributed by atoms with E-state index in [2.05, 4.69) is 17.4 Å². The summed E-state index contributed by atoms with van der Waals surface area (Å²) in [6.45, 7) is 1.66. The summed E-state index contributed by atoms with van der Waals surface area (Å²) >= 11 is 0. The van der Waals surface area contributed by atoms with Crippen LogP contribution in [-0.2, 0) is 17.6 Å². The molecule has 0 spiro atoms. The number of Topliss-reactive ketones (excluding diaryl/α,β-unsaturated/α-hetero) is 1. The standard InChI is InChI=1S/C33H41NO7/c1-40-31-17-23(9-12-29(31)37)8-11-26(35)21-27(36)18-24(10-7-22-5-3-2-4-6-22)25-19-30(38)33(39)32(20-25)41-28-13-15-34-16-14-28/h2-6,9,12,17,19-20,24,27-28,34,36-39H,7-8,10-11,13-16,18,21H2,1H3. The van der Waals surface area contributed by atoms with Crippen LogP contribution in [0.2, 0.25) is 0 Å². The average Bonchev–Trinajstić information content (AvgIpc) is 2.98. The van der Waals surface area contributed by atoms with Gasteiger partial charge in [-0.3, -0.25) is 4.79 Å². The van der Waals surface area contributed by atoms with E-state index < -0.39 is 6.10 Å². The van der Waals surface area contributed by atoms with Gasteiger partial charge >= 0.3 is 0 Å². The van der Waals surface area contributed by atoms with Crippen molar-refractivity contribution in [1.82, 2.24) is 5.32 Å². The summed E-state index contributed by atoms with van der Waals surface area (Å²) in [6.07, 6.45) is 3.18. The molecule has 0 amide bonds. The first kappa shape index (κ1) is 30.2. The van der Waals surface area contributed by atoms with Crippen LogP contribution in [0.5, 0.6) is 28.7 Å². The molecule has 8 nitrogen and oxygen atoms in total. The Morgan fingerprint density at radius 3 is 2.41 bits per heavy atom. The number of piperidine rings is 1. The summed E-state index contributed by atoms with van der Waals surface area (Å²) in [4.78, 5) is 12.8. The van der Waals surface area contributed by atoms with Crippen LogP contribution < -0.4 is 14.8 Å². The van der Waals surface area contributed by atoms with Gasteiger partial charge in [0.05, 0.1) is 13.2 Å². The summed E-state index contributed by atoms with van der Waals surface area (Å²) in [6, 6.07) is 18.3. The smallest absolute Gasteiger partial charge is 0.200 e. The highest BCUT2D eigenvalue weighted by molar-refractivity contribution is 5.79. The molecule has 0 saturated carbocycles. The van der Waals surface area contributed by atoms with E-state index in [9.17, 15) is 25.2 Å². The fourth-order valence-electron chi connectivity index (χ4n) is 5.38. The number of methoxy groups -OCH3 is 1. The normalized spacial score (nSPS) is 15.3. The fraction of sp³-hybridized carbons (Fsp3) is 0.424. The van der Waals surface area contributed by atoms with Crippen LogP contribution in [0.25, 0.3) is 0 Å². The molecule has 8 heteroatoms. The lowest BCUT2D eigenvalue weighted by Gasteiger charge is -2.26. The summed E-state index contributed by atoms with van der Waals surface area (Å²) in [7, 11) is 1.48. The number of aryl methyl sites for hydroxylation is 2. The highest BCUT2D eigenvalue weighted by Crippen LogP contribution is 2.41. The largest absolute Gasteiger partial charge is 0.504 e. The van der Waals surface area contributed by atoms with Crippen LogP contribution in [0.1, 0.15) is 61.1 Å². The van der Waals surface area contributed by atoms with Gasteiger partial charge in [-0.2, -0.15) is 0 Å². The first-order chi connectivity index (χ1) is 19.8. The molecule has 4 rings (SSSR count). The molecule has 41 heavy (non-hydrogen) atoms. The van der Waals surface area contributed by atoms with Crippen molar-refractivity contribution < 1.29 is 34.7 Å². The topological polar surface area (TPSA) is 128 Å². The second-order valence-electron chi connectivity index (χ2n) is 10.8. The number of aliphatic hydroxyl groups is 1. The highest BCUT2D eigenvalue weighted by Gasteiger charge is 2.24. The van der Waals surface area contributed by atoms with Gasteiger partial charge in [0.25, 0.3) is 0 Å². The molecular weight excluding hydrogens is 522 g/mol. The van der Waals surface area contributed by atoms with Crippen molar-refractivity contribution in [3.8, 4) is 28.7 Å². The molecule has 5 N–H and O–H groups in total. The monoisotopic (exact) mass is 563 g/mol. The lowest BCUT2D eigenvalue weighted by atomic mass is 9.86. The Morgan fingerprint density at radius 1 is 0.927 bits per heavy atom.